The lowest BCUT2D eigenvalue weighted by molar-refractivity contribution is 0.0655. The normalized spacial score (nSPS) is 22.0. The van der Waals surface area contributed by atoms with E-state index in [-0.39, 0.29) is 29.3 Å². The van der Waals surface area contributed by atoms with Gasteiger partial charge in [0.1, 0.15) is 0 Å². The zero-order chi connectivity index (χ0) is 19.8. The first-order chi connectivity index (χ1) is 12.7. The molecule has 1 atom stereocenters. The molecule has 0 spiro atoms. The van der Waals surface area contributed by atoms with E-state index in [9.17, 15) is 13.2 Å². The molecule has 2 fully saturated rings. The van der Waals surface area contributed by atoms with Gasteiger partial charge in [-0.2, -0.15) is 4.31 Å². The molecule has 2 aliphatic rings. The Labute approximate surface area is 175 Å². The van der Waals surface area contributed by atoms with E-state index >= 15 is 0 Å². The van der Waals surface area contributed by atoms with E-state index < -0.39 is 10.0 Å². The number of carbonyl (C=O) groups excluding carboxylic acids is 1. The summed E-state index contributed by atoms with van der Waals surface area (Å²) in [5, 5.41) is 3.28. The van der Waals surface area contributed by atoms with Gasteiger partial charge in [0.25, 0.3) is 5.91 Å². The number of nitrogens with zero attached hydrogens (tertiary/aromatic N) is 2. The number of halogens is 1. The predicted molar refractivity (Wildman–Crippen MR) is 114 cm³/mol. The molecule has 6 nitrogen and oxygen atoms in total. The highest BCUT2D eigenvalue weighted by Crippen LogP contribution is 2.28. The second kappa shape index (κ2) is 9.11. The molecule has 1 aromatic rings. The standard InChI is InChI=1S/C20H31N3O3S.ClH/c1-14-5-8-22(9-6-14)27(25,26)19-12-18(11-15(2)17(19)4)20(24)23-10-7-21-13-16(23)3;/h11-12,14,16,21H,5-10,13H2,1-4H3;1H. The Kier molecular flexibility index (Phi) is 7.53. The Morgan fingerprint density at radius 2 is 1.75 bits per heavy atom. The molecule has 0 bridgehead atoms. The highest BCUT2D eigenvalue weighted by Gasteiger charge is 2.31. The first kappa shape index (κ1) is 23.1. The van der Waals surface area contributed by atoms with E-state index in [1.807, 2.05) is 31.7 Å². The Morgan fingerprint density at radius 1 is 1.11 bits per heavy atom. The van der Waals surface area contributed by atoms with Crippen molar-refractivity contribution in [3.63, 3.8) is 0 Å². The third-order valence-corrected chi connectivity index (χ3v) is 8.01. The molecule has 1 amide bonds. The van der Waals surface area contributed by atoms with Gasteiger partial charge < -0.3 is 10.2 Å². The molecule has 0 saturated carbocycles. The highest BCUT2D eigenvalue weighted by molar-refractivity contribution is 7.89. The second-order valence-corrected chi connectivity index (χ2v) is 9.96. The van der Waals surface area contributed by atoms with Gasteiger partial charge in [-0.05, 0) is 62.8 Å². The Morgan fingerprint density at radius 3 is 2.36 bits per heavy atom. The van der Waals surface area contributed by atoms with Gasteiger partial charge in [0.05, 0.1) is 4.90 Å². The number of rotatable bonds is 3. The predicted octanol–water partition coefficient (Wildman–Crippen LogP) is 2.58. The van der Waals surface area contributed by atoms with Crippen molar-refractivity contribution in [1.29, 1.82) is 0 Å². The SMILES string of the molecule is Cc1cc(C(=O)N2CCNCC2C)cc(S(=O)(=O)N2CCC(C)CC2)c1C.Cl. The summed E-state index contributed by atoms with van der Waals surface area (Å²) < 4.78 is 28.1. The molecule has 2 aliphatic heterocycles. The molecule has 8 heteroatoms. The van der Waals surface area contributed by atoms with Crippen molar-refractivity contribution < 1.29 is 13.2 Å². The first-order valence-corrected chi connectivity index (χ1v) is 11.3. The van der Waals surface area contributed by atoms with Gasteiger partial charge >= 0.3 is 0 Å². The number of piperidine rings is 1. The zero-order valence-corrected chi connectivity index (χ0v) is 18.8. The number of hydrogen-bond acceptors (Lipinski definition) is 4. The smallest absolute Gasteiger partial charge is 0.254 e. The molecule has 1 aromatic carbocycles. The van der Waals surface area contributed by atoms with Crippen molar-refractivity contribution in [2.45, 2.75) is 51.5 Å². The minimum Gasteiger partial charge on any atom is -0.333 e. The average Bonchev–Trinajstić information content (AvgIpc) is 2.64. The van der Waals surface area contributed by atoms with E-state index in [2.05, 4.69) is 12.2 Å². The second-order valence-electron chi connectivity index (χ2n) is 8.05. The average molecular weight is 430 g/mol. The molecule has 158 valence electrons. The summed E-state index contributed by atoms with van der Waals surface area (Å²) in [6, 6.07) is 3.51. The molecule has 0 aromatic heterocycles. The van der Waals surface area contributed by atoms with Crippen LogP contribution in [0, 0.1) is 19.8 Å². The first-order valence-electron chi connectivity index (χ1n) is 9.85. The fourth-order valence-corrected chi connectivity index (χ4v) is 5.68. The number of aryl methyl sites for hydroxylation is 1. The zero-order valence-electron chi connectivity index (χ0n) is 17.2. The molecule has 1 N–H and O–H groups in total. The molecular weight excluding hydrogens is 398 g/mol. The molecule has 2 heterocycles. The van der Waals surface area contributed by atoms with Crippen LogP contribution < -0.4 is 5.32 Å². The quantitative estimate of drug-likeness (QED) is 0.801. The molecule has 1 unspecified atom stereocenters. The largest absolute Gasteiger partial charge is 0.333 e. The minimum absolute atomic E-state index is 0. The Balaban J connectivity index is 0.00000280. The number of piperazine rings is 1. The summed E-state index contributed by atoms with van der Waals surface area (Å²) in [5.41, 5.74) is 2.04. The van der Waals surface area contributed by atoms with E-state index in [4.69, 9.17) is 0 Å². The topological polar surface area (TPSA) is 69.7 Å². The third-order valence-electron chi connectivity index (χ3n) is 5.99. The van der Waals surface area contributed by atoms with Gasteiger partial charge in [0.2, 0.25) is 10.0 Å². The summed E-state index contributed by atoms with van der Waals surface area (Å²) in [6.45, 7) is 11.1. The van der Waals surface area contributed by atoms with E-state index in [1.54, 1.807) is 10.4 Å². The van der Waals surface area contributed by atoms with Crippen LogP contribution in [-0.4, -0.2) is 62.3 Å². The lowest BCUT2D eigenvalue weighted by atomic mass is 10.0. The summed E-state index contributed by atoms with van der Waals surface area (Å²) in [6.07, 6.45) is 1.77. The maximum absolute atomic E-state index is 13.3. The molecule has 0 radical (unpaired) electrons. The number of nitrogens with one attached hydrogen (secondary N) is 1. The van der Waals surface area contributed by atoms with Crippen molar-refractivity contribution in [3.8, 4) is 0 Å². The van der Waals surface area contributed by atoms with Crippen LogP contribution in [0.4, 0.5) is 0 Å². The highest BCUT2D eigenvalue weighted by atomic mass is 35.5. The summed E-state index contributed by atoms with van der Waals surface area (Å²) in [7, 11) is -3.59. The van der Waals surface area contributed by atoms with Gasteiger partial charge in [0.15, 0.2) is 0 Å². The number of benzene rings is 1. The Hall–Kier alpha value is -1.15. The lowest BCUT2D eigenvalue weighted by Gasteiger charge is -2.34. The van der Waals surface area contributed by atoms with Crippen LogP contribution in [0.15, 0.2) is 17.0 Å². The fraction of sp³-hybridized carbons (Fsp3) is 0.650. The van der Waals surface area contributed by atoms with Crippen molar-refractivity contribution in [1.82, 2.24) is 14.5 Å². The monoisotopic (exact) mass is 429 g/mol. The van der Waals surface area contributed by atoms with Crippen LogP contribution >= 0.6 is 12.4 Å². The van der Waals surface area contributed by atoms with Crippen molar-refractivity contribution >= 4 is 28.3 Å². The fourth-order valence-electron chi connectivity index (χ4n) is 3.89. The van der Waals surface area contributed by atoms with E-state index in [0.29, 0.717) is 31.1 Å². The summed E-state index contributed by atoms with van der Waals surface area (Å²) in [5.74, 6) is 0.470. The van der Waals surface area contributed by atoms with Crippen LogP contribution in [-0.2, 0) is 10.0 Å². The van der Waals surface area contributed by atoms with Crippen LogP contribution in [0.5, 0.6) is 0 Å². The van der Waals surface area contributed by atoms with Crippen molar-refractivity contribution in [2.75, 3.05) is 32.7 Å². The minimum atomic E-state index is -3.59. The molecule has 0 aliphatic carbocycles. The molecular formula is C20H32ClN3O3S. The molecule has 2 saturated heterocycles. The van der Waals surface area contributed by atoms with Crippen molar-refractivity contribution in [2.24, 2.45) is 5.92 Å². The van der Waals surface area contributed by atoms with Crippen LogP contribution in [0.3, 0.4) is 0 Å². The van der Waals surface area contributed by atoms with Crippen LogP contribution in [0.2, 0.25) is 0 Å². The van der Waals surface area contributed by atoms with Gasteiger partial charge in [-0.3, -0.25) is 4.79 Å². The third kappa shape index (κ3) is 4.53. The maximum Gasteiger partial charge on any atom is 0.254 e. The molecule has 3 rings (SSSR count). The Bertz CT molecular complexity index is 820. The van der Waals surface area contributed by atoms with Crippen LogP contribution in [0.25, 0.3) is 0 Å². The maximum atomic E-state index is 13.3. The number of amides is 1. The van der Waals surface area contributed by atoms with E-state index in [1.165, 1.54) is 0 Å². The number of carbonyl (C=O) groups is 1. The molecule has 28 heavy (non-hydrogen) atoms. The van der Waals surface area contributed by atoms with Gasteiger partial charge in [-0.1, -0.05) is 6.92 Å². The van der Waals surface area contributed by atoms with Gasteiger partial charge in [-0.25, -0.2) is 8.42 Å². The lowest BCUT2D eigenvalue weighted by Crippen LogP contribution is -2.52. The van der Waals surface area contributed by atoms with Gasteiger partial charge in [-0.15, -0.1) is 12.4 Å². The van der Waals surface area contributed by atoms with E-state index in [0.717, 1.165) is 37.1 Å². The number of hydrogen-bond donors (Lipinski definition) is 1. The summed E-state index contributed by atoms with van der Waals surface area (Å²) in [4.78, 5) is 15.2. The van der Waals surface area contributed by atoms with Crippen LogP contribution in [0.1, 0.15) is 48.2 Å². The number of sulfonamides is 1. The van der Waals surface area contributed by atoms with Crippen molar-refractivity contribution in [3.05, 3.63) is 28.8 Å². The summed E-state index contributed by atoms with van der Waals surface area (Å²) >= 11 is 0. The van der Waals surface area contributed by atoms with Gasteiger partial charge in [0, 0.05) is 44.3 Å².